The largest absolute Gasteiger partial charge is 0.455 e. The van der Waals surface area contributed by atoms with Crippen LogP contribution in [0, 0.1) is 17.5 Å². The number of esters is 1. The lowest BCUT2D eigenvalue weighted by atomic mass is 10.1. The van der Waals surface area contributed by atoms with E-state index in [0.29, 0.717) is 5.56 Å². The van der Waals surface area contributed by atoms with Gasteiger partial charge in [-0.2, -0.15) is 0 Å². The summed E-state index contributed by atoms with van der Waals surface area (Å²) >= 11 is 0. The Hall–Kier alpha value is -2.83. The highest BCUT2D eigenvalue weighted by molar-refractivity contribution is 5.81. The maximum absolute atomic E-state index is 13.6. The van der Waals surface area contributed by atoms with E-state index in [2.05, 4.69) is 5.32 Å². The molecule has 0 bridgehead atoms. The van der Waals surface area contributed by atoms with Crippen LogP contribution in [-0.2, 0) is 20.7 Å². The number of amides is 1. The fraction of sp³-hybridized carbons (Fsp3) is 0.222. The molecule has 0 aromatic heterocycles. The number of benzene rings is 2. The molecule has 2 aromatic carbocycles. The fourth-order valence-corrected chi connectivity index (χ4v) is 2.18. The molecule has 0 spiro atoms. The smallest absolute Gasteiger partial charge is 0.310 e. The fourth-order valence-electron chi connectivity index (χ4n) is 2.18. The molecule has 2 rings (SSSR count). The number of carbonyl (C=O) groups excluding carboxylic acids is 2. The van der Waals surface area contributed by atoms with Crippen molar-refractivity contribution < 1.29 is 27.5 Å². The van der Waals surface area contributed by atoms with Crippen molar-refractivity contribution in [3.63, 3.8) is 0 Å². The van der Waals surface area contributed by atoms with Crippen molar-refractivity contribution in [2.75, 3.05) is 6.61 Å². The van der Waals surface area contributed by atoms with Crippen molar-refractivity contribution in [2.45, 2.75) is 19.4 Å². The van der Waals surface area contributed by atoms with Gasteiger partial charge in [0.15, 0.2) is 6.61 Å². The average molecular weight is 351 g/mol. The van der Waals surface area contributed by atoms with E-state index in [9.17, 15) is 22.8 Å². The third-order valence-electron chi connectivity index (χ3n) is 3.43. The van der Waals surface area contributed by atoms with E-state index in [4.69, 9.17) is 4.74 Å². The number of hydrogen-bond acceptors (Lipinski definition) is 3. The van der Waals surface area contributed by atoms with Crippen LogP contribution in [0.15, 0.2) is 42.5 Å². The van der Waals surface area contributed by atoms with Crippen LogP contribution in [0.1, 0.15) is 24.1 Å². The molecule has 0 aliphatic heterocycles. The van der Waals surface area contributed by atoms with Gasteiger partial charge in [-0.25, -0.2) is 13.2 Å². The number of carbonyl (C=O) groups is 2. The Kier molecular flexibility index (Phi) is 6.16. The van der Waals surface area contributed by atoms with Gasteiger partial charge in [-0.05, 0) is 30.7 Å². The maximum atomic E-state index is 13.6. The Labute approximate surface area is 142 Å². The average Bonchev–Trinajstić information content (AvgIpc) is 2.55. The summed E-state index contributed by atoms with van der Waals surface area (Å²) in [6.45, 7) is 0.988. The monoisotopic (exact) mass is 351 g/mol. The van der Waals surface area contributed by atoms with E-state index in [1.165, 1.54) is 37.3 Å². The number of rotatable bonds is 6. The summed E-state index contributed by atoms with van der Waals surface area (Å²) in [5.41, 5.74) is 0.668. The zero-order valence-corrected chi connectivity index (χ0v) is 13.4. The number of halogens is 3. The summed E-state index contributed by atoms with van der Waals surface area (Å²) < 4.78 is 44.1. The van der Waals surface area contributed by atoms with E-state index in [1.807, 2.05) is 0 Å². The van der Waals surface area contributed by atoms with Crippen LogP contribution in [0.3, 0.4) is 0 Å². The molecule has 0 radical (unpaired) electrons. The van der Waals surface area contributed by atoms with Crippen molar-refractivity contribution in [2.24, 2.45) is 0 Å². The van der Waals surface area contributed by atoms with Gasteiger partial charge in [0.2, 0.25) is 0 Å². The first-order valence-electron chi connectivity index (χ1n) is 7.49. The predicted molar refractivity (Wildman–Crippen MR) is 84.0 cm³/mol. The molecule has 2 aromatic rings. The van der Waals surface area contributed by atoms with Crippen LogP contribution in [0.4, 0.5) is 13.2 Å². The molecule has 7 heteroatoms. The first kappa shape index (κ1) is 18.5. The van der Waals surface area contributed by atoms with Crippen LogP contribution >= 0.6 is 0 Å². The second-order valence-electron chi connectivity index (χ2n) is 5.42. The Balaban J connectivity index is 1.81. The lowest BCUT2D eigenvalue weighted by molar-refractivity contribution is -0.148. The molecule has 132 valence electrons. The molecule has 0 unspecified atom stereocenters. The highest BCUT2D eigenvalue weighted by Crippen LogP contribution is 2.17. The Morgan fingerprint density at radius 2 is 1.68 bits per heavy atom. The highest BCUT2D eigenvalue weighted by atomic mass is 19.1. The van der Waals surface area contributed by atoms with Gasteiger partial charge in [-0.1, -0.05) is 18.2 Å². The van der Waals surface area contributed by atoms with Crippen molar-refractivity contribution in [3.8, 4) is 0 Å². The van der Waals surface area contributed by atoms with E-state index < -0.39 is 42.0 Å². The third-order valence-corrected chi connectivity index (χ3v) is 3.43. The van der Waals surface area contributed by atoms with Gasteiger partial charge in [0.1, 0.15) is 17.5 Å². The molecule has 0 fully saturated rings. The van der Waals surface area contributed by atoms with Crippen molar-refractivity contribution >= 4 is 11.9 Å². The van der Waals surface area contributed by atoms with Crippen molar-refractivity contribution in [1.82, 2.24) is 5.32 Å². The SMILES string of the molecule is C[C@@H](NC(=O)COC(=O)Cc1ccc(F)cc1)c1ccc(F)cc1F. The van der Waals surface area contributed by atoms with E-state index in [-0.39, 0.29) is 12.0 Å². The van der Waals surface area contributed by atoms with Gasteiger partial charge in [-0.15, -0.1) is 0 Å². The van der Waals surface area contributed by atoms with Crippen LogP contribution < -0.4 is 5.32 Å². The summed E-state index contributed by atoms with van der Waals surface area (Å²) in [5, 5.41) is 2.45. The molecule has 4 nitrogen and oxygen atoms in total. The molecule has 1 N–H and O–H groups in total. The van der Waals surface area contributed by atoms with Gasteiger partial charge in [0.05, 0.1) is 12.5 Å². The molecule has 0 saturated heterocycles. The molecular weight excluding hydrogens is 335 g/mol. The van der Waals surface area contributed by atoms with E-state index in [1.54, 1.807) is 0 Å². The Morgan fingerprint density at radius 1 is 1.04 bits per heavy atom. The van der Waals surface area contributed by atoms with Crippen LogP contribution in [0.2, 0.25) is 0 Å². The Morgan fingerprint density at radius 3 is 2.32 bits per heavy atom. The van der Waals surface area contributed by atoms with E-state index in [0.717, 1.165) is 12.1 Å². The third kappa shape index (κ3) is 5.63. The van der Waals surface area contributed by atoms with Gasteiger partial charge in [-0.3, -0.25) is 9.59 Å². The highest BCUT2D eigenvalue weighted by Gasteiger charge is 2.15. The second kappa shape index (κ2) is 8.32. The zero-order chi connectivity index (χ0) is 18.4. The standard InChI is InChI=1S/C18H16F3NO3/c1-11(15-7-6-14(20)9-16(15)21)22-17(23)10-25-18(24)8-12-2-4-13(19)5-3-12/h2-7,9,11H,8,10H2,1H3,(H,22,23)/t11-/m1/s1. The van der Waals surface area contributed by atoms with Crippen LogP contribution in [-0.4, -0.2) is 18.5 Å². The minimum absolute atomic E-state index is 0.101. The summed E-state index contributed by atoms with van der Waals surface area (Å²) in [7, 11) is 0. The second-order valence-corrected chi connectivity index (χ2v) is 5.42. The van der Waals surface area contributed by atoms with Gasteiger partial charge >= 0.3 is 5.97 Å². The van der Waals surface area contributed by atoms with Gasteiger partial charge < -0.3 is 10.1 Å². The first-order chi connectivity index (χ1) is 11.8. The molecule has 0 aliphatic rings. The lowest BCUT2D eigenvalue weighted by Gasteiger charge is -2.15. The first-order valence-corrected chi connectivity index (χ1v) is 7.49. The summed E-state index contributed by atoms with van der Waals surface area (Å²) in [6.07, 6.45) is -0.101. The minimum atomic E-state index is -0.777. The molecule has 1 amide bonds. The van der Waals surface area contributed by atoms with Gasteiger partial charge in [0.25, 0.3) is 5.91 Å². The maximum Gasteiger partial charge on any atom is 0.310 e. The number of nitrogens with one attached hydrogen (secondary N) is 1. The normalized spacial score (nSPS) is 11.7. The molecule has 1 atom stereocenters. The van der Waals surface area contributed by atoms with Crippen LogP contribution in [0.25, 0.3) is 0 Å². The molecule has 0 saturated carbocycles. The number of hydrogen-bond donors (Lipinski definition) is 1. The summed E-state index contributed by atoms with van der Waals surface area (Å²) in [6, 6.07) is 7.64. The zero-order valence-electron chi connectivity index (χ0n) is 13.4. The summed E-state index contributed by atoms with van der Waals surface area (Å²) in [5.74, 6) is -3.18. The number of ether oxygens (including phenoxy) is 1. The van der Waals surface area contributed by atoms with E-state index >= 15 is 0 Å². The van der Waals surface area contributed by atoms with Crippen molar-refractivity contribution in [1.29, 1.82) is 0 Å². The predicted octanol–water partition coefficient (Wildman–Crippen LogP) is 3.07. The lowest BCUT2D eigenvalue weighted by Crippen LogP contribution is -2.31. The molecule has 0 aliphatic carbocycles. The van der Waals surface area contributed by atoms with Gasteiger partial charge in [0, 0.05) is 11.6 Å². The van der Waals surface area contributed by atoms with Crippen LogP contribution in [0.5, 0.6) is 0 Å². The molecular formula is C18H16F3NO3. The quantitative estimate of drug-likeness (QED) is 0.814. The Bertz CT molecular complexity index is 763. The van der Waals surface area contributed by atoms with Crippen molar-refractivity contribution in [3.05, 3.63) is 71.0 Å². The minimum Gasteiger partial charge on any atom is -0.455 e. The summed E-state index contributed by atoms with van der Waals surface area (Å²) in [4.78, 5) is 23.4. The topological polar surface area (TPSA) is 55.4 Å². The molecule has 0 heterocycles. The molecule has 25 heavy (non-hydrogen) atoms.